The van der Waals surface area contributed by atoms with Gasteiger partial charge < -0.3 is 10.6 Å². The standard InChI is InChI=1S/C13H24N4S/c1-5-7-8-17(10(3)6-2)12-9-11(14)15-13(16-12)18-4/h9-10H,5-8H2,1-4H3,(H2,14,15,16). The van der Waals surface area contributed by atoms with Gasteiger partial charge in [-0.05, 0) is 26.0 Å². The molecular weight excluding hydrogens is 244 g/mol. The van der Waals surface area contributed by atoms with E-state index in [1.165, 1.54) is 24.6 Å². The molecule has 0 aromatic carbocycles. The maximum atomic E-state index is 5.85. The van der Waals surface area contributed by atoms with Crippen molar-refractivity contribution in [2.75, 3.05) is 23.4 Å². The predicted molar refractivity (Wildman–Crippen MR) is 80.2 cm³/mol. The summed E-state index contributed by atoms with van der Waals surface area (Å²) in [6, 6.07) is 2.35. The van der Waals surface area contributed by atoms with Gasteiger partial charge >= 0.3 is 0 Å². The first-order chi connectivity index (χ1) is 8.62. The second kappa shape index (κ2) is 7.46. The molecule has 18 heavy (non-hydrogen) atoms. The van der Waals surface area contributed by atoms with Gasteiger partial charge in [0.05, 0.1) is 0 Å². The van der Waals surface area contributed by atoms with Crippen molar-refractivity contribution in [3.8, 4) is 0 Å². The van der Waals surface area contributed by atoms with Crippen LogP contribution in [0.3, 0.4) is 0 Å². The van der Waals surface area contributed by atoms with Crippen LogP contribution in [0.25, 0.3) is 0 Å². The van der Waals surface area contributed by atoms with E-state index in [0.717, 1.165) is 23.9 Å². The minimum Gasteiger partial charge on any atom is -0.383 e. The maximum Gasteiger partial charge on any atom is 0.191 e. The van der Waals surface area contributed by atoms with Crippen LogP contribution in [0.2, 0.25) is 0 Å². The number of nitrogens with zero attached hydrogens (tertiary/aromatic N) is 3. The van der Waals surface area contributed by atoms with E-state index in [-0.39, 0.29) is 0 Å². The number of anilines is 2. The lowest BCUT2D eigenvalue weighted by molar-refractivity contribution is 0.586. The topological polar surface area (TPSA) is 55.0 Å². The first kappa shape index (κ1) is 15.1. The van der Waals surface area contributed by atoms with E-state index in [1.807, 2.05) is 12.3 Å². The van der Waals surface area contributed by atoms with E-state index in [1.54, 1.807) is 0 Å². The number of hydrogen-bond donors (Lipinski definition) is 1. The average molecular weight is 268 g/mol. The van der Waals surface area contributed by atoms with Crippen molar-refractivity contribution in [3.05, 3.63) is 6.07 Å². The highest BCUT2D eigenvalue weighted by Gasteiger charge is 2.15. The lowest BCUT2D eigenvalue weighted by atomic mass is 10.2. The van der Waals surface area contributed by atoms with Gasteiger partial charge in [-0.2, -0.15) is 0 Å². The third kappa shape index (κ3) is 4.05. The van der Waals surface area contributed by atoms with E-state index < -0.39 is 0 Å². The van der Waals surface area contributed by atoms with Crippen molar-refractivity contribution in [1.29, 1.82) is 0 Å². The number of hydrogen-bond acceptors (Lipinski definition) is 5. The summed E-state index contributed by atoms with van der Waals surface area (Å²) >= 11 is 1.53. The molecule has 1 unspecified atom stereocenters. The molecule has 0 saturated carbocycles. The minimum atomic E-state index is 0.473. The van der Waals surface area contributed by atoms with E-state index in [0.29, 0.717) is 11.9 Å². The Balaban J connectivity index is 2.99. The van der Waals surface area contributed by atoms with Gasteiger partial charge in [0.15, 0.2) is 5.16 Å². The Kier molecular flexibility index (Phi) is 6.25. The SMILES string of the molecule is CCCCN(c1cc(N)nc(SC)n1)C(C)CC. The van der Waals surface area contributed by atoms with Gasteiger partial charge in [-0.25, -0.2) is 9.97 Å². The quantitative estimate of drug-likeness (QED) is 0.608. The molecule has 2 N–H and O–H groups in total. The molecule has 0 spiro atoms. The fourth-order valence-corrected chi connectivity index (χ4v) is 2.16. The van der Waals surface area contributed by atoms with Crippen molar-refractivity contribution >= 4 is 23.4 Å². The summed E-state index contributed by atoms with van der Waals surface area (Å²) in [5.41, 5.74) is 5.85. The highest BCUT2D eigenvalue weighted by molar-refractivity contribution is 7.98. The summed E-state index contributed by atoms with van der Waals surface area (Å²) in [4.78, 5) is 11.1. The van der Waals surface area contributed by atoms with Crippen LogP contribution in [0.4, 0.5) is 11.6 Å². The summed E-state index contributed by atoms with van der Waals surface area (Å²) in [7, 11) is 0. The van der Waals surface area contributed by atoms with E-state index in [9.17, 15) is 0 Å². The van der Waals surface area contributed by atoms with Crippen LogP contribution in [0.5, 0.6) is 0 Å². The van der Waals surface area contributed by atoms with Crippen LogP contribution in [0, 0.1) is 0 Å². The highest BCUT2D eigenvalue weighted by atomic mass is 32.2. The molecule has 1 heterocycles. The van der Waals surface area contributed by atoms with Crippen molar-refractivity contribution in [3.63, 3.8) is 0 Å². The number of rotatable bonds is 7. The summed E-state index contributed by atoms with van der Waals surface area (Å²) in [5, 5.41) is 0.745. The van der Waals surface area contributed by atoms with Gasteiger partial charge in [-0.1, -0.05) is 32.0 Å². The Morgan fingerprint density at radius 3 is 2.67 bits per heavy atom. The minimum absolute atomic E-state index is 0.473. The van der Waals surface area contributed by atoms with Crippen LogP contribution in [0.15, 0.2) is 11.2 Å². The molecule has 1 aromatic rings. The third-order valence-electron chi connectivity index (χ3n) is 3.06. The Labute approximate surface area is 114 Å². The molecule has 5 heteroatoms. The smallest absolute Gasteiger partial charge is 0.191 e. The molecule has 0 saturated heterocycles. The van der Waals surface area contributed by atoms with Gasteiger partial charge in [0.25, 0.3) is 0 Å². The summed E-state index contributed by atoms with van der Waals surface area (Å²) in [6.45, 7) is 7.66. The van der Waals surface area contributed by atoms with Crippen molar-refractivity contribution < 1.29 is 0 Å². The lowest BCUT2D eigenvalue weighted by Crippen LogP contribution is -2.34. The second-order valence-electron chi connectivity index (χ2n) is 4.44. The zero-order valence-electron chi connectivity index (χ0n) is 11.8. The van der Waals surface area contributed by atoms with Gasteiger partial charge in [-0.15, -0.1) is 0 Å². The normalized spacial score (nSPS) is 12.4. The number of unbranched alkanes of at least 4 members (excludes halogenated alkanes) is 1. The van der Waals surface area contributed by atoms with Crippen LogP contribution in [-0.2, 0) is 0 Å². The molecule has 0 aliphatic heterocycles. The molecule has 0 aliphatic rings. The maximum absolute atomic E-state index is 5.85. The molecule has 0 bridgehead atoms. The molecular formula is C13H24N4S. The Morgan fingerprint density at radius 1 is 1.39 bits per heavy atom. The molecule has 1 atom stereocenters. The Hall–Kier alpha value is -0.970. The van der Waals surface area contributed by atoms with Crippen molar-refractivity contribution in [1.82, 2.24) is 9.97 Å². The molecule has 0 fully saturated rings. The molecule has 1 aromatic heterocycles. The van der Waals surface area contributed by atoms with Gasteiger partial charge in [0.2, 0.25) is 0 Å². The van der Waals surface area contributed by atoms with E-state index >= 15 is 0 Å². The van der Waals surface area contributed by atoms with Gasteiger partial charge in [0, 0.05) is 18.7 Å². The number of thioether (sulfide) groups is 1. The number of nitrogen functional groups attached to an aromatic ring is 1. The Morgan fingerprint density at radius 2 is 2.11 bits per heavy atom. The summed E-state index contributed by atoms with van der Waals surface area (Å²) in [6.07, 6.45) is 5.42. The zero-order chi connectivity index (χ0) is 13.5. The Bertz CT molecular complexity index is 370. The largest absolute Gasteiger partial charge is 0.383 e. The van der Waals surface area contributed by atoms with Crippen molar-refractivity contribution in [2.24, 2.45) is 0 Å². The van der Waals surface area contributed by atoms with Crippen LogP contribution in [0.1, 0.15) is 40.0 Å². The summed E-state index contributed by atoms with van der Waals surface area (Å²) < 4.78 is 0. The van der Waals surface area contributed by atoms with Gasteiger partial charge in [0.1, 0.15) is 11.6 Å². The molecule has 0 amide bonds. The molecule has 4 nitrogen and oxygen atoms in total. The van der Waals surface area contributed by atoms with Crippen LogP contribution >= 0.6 is 11.8 Å². The number of nitrogens with two attached hydrogens (primary N) is 1. The first-order valence-electron chi connectivity index (χ1n) is 6.57. The second-order valence-corrected chi connectivity index (χ2v) is 5.22. The van der Waals surface area contributed by atoms with Crippen molar-refractivity contribution in [2.45, 2.75) is 51.2 Å². The average Bonchev–Trinajstić information content (AvgIpc) is 2.38. The molecule has 1 rings (SSSR count). The van der Waals surface area contributed by atoms with E-state index in [2.05, 4.69) is 35.6 Å². The fraction of sp³-hybridized carbons (Fsp3) is 0.692. The van der Waals surface area contributed by atoms with Gasteiger partial charge in [-0.3, -0.25) is 0 Å². The van der Waals surface area contributed by atoms with Crippen LogP contribution in [-0.4, -0.2) is 28.8 Å². The third-order valence-corrected chi connectivity index (χ3v) is 3.61. The zero-order valence-corrected chi connectivity index (χ0v) is 12.6. The number of aromatic nitrogens is 2. The monoisotopic (exact) mass is 268 g/mol. The molecule has 0 aliphatic carbocycles. The fourth-order valence-electron chi connectivity index (χ4n) is 1.78. The summed E-state index contributed by atoms with van der Waals surface area (Å²) in [5.74, 6) is 1.50. The first-order valence-corrected chi connectivity index (χ1v) is 7.80. The van der Waals surface area contributed by atoms with Crippen LogP contribution < -0.4 is 10.6 Å². The molecule has 0 radical (unpaired) electrons. The highest BCUT2D eigenvalue weighted by Crippen LogP contribution is 2.22. The molecule has 102 valence electrons. The lowest BCUT2D eigenvalue weighted by Gasteiger charge is -2.30. The predicted octanol–water partition coefficient (Wildman–Crippen LogP) is 3.19. The van der Waals surface area contributed by atoms with E-state index in [4.69, 9.17) is 5.73 Å².